The molecule has 1 atom stereocenters. The fraction of sp³-hybridized carbons (Fsp3) is 0.619. The van der Waals surface area contributed by atoms with Crippen LogP contribution in [-0.2, 0) is 22.4 Å². The second-order valence-electron chi connectivity index (χ2n) is 7.59. The van der Waals surface area contributed by atoms with Gasteiger partial charge in [0.05, 0.1) is 12.2 Å². The number of hydrogen-bond donors (Lipinski definition) is 1. The van der Waals surface area contributed by atoms with Gasteiger partial charge in [0.1, 0.15) is 5.00 Å². The normalized spacial score (nSPS) is 16.7. The number of anilines is 1. The maximum atomic E-state index is 12.5. The van der Waals surface area contributed by atoms with Crippen molar-refractivity contribution >= 4 is 28.2 Å². The van der Waals surface area contributed by atoms with Crippen LogP contribution in [0.3, 0.4) is 0 Å². The number of hydrogen-bond acceptors (Lipinski definition) is 4. The largest absolute Gasteiger partial charge is 0.462 e. The molecule has 1 aliphatic carbocycles. The monoisotopic (exact) mass is 377 g/mol. The molecule has 1 N–H and O–H groups in total. The fourth-order valence-corrected chi connectivity index (χ4v) is 4.80. The summed E-state index contributed by atoms with van der Waals surface area (Å²) >= 11 is 1.55. The molecule has 1 heterocycles. The Kier molecular flexibility index (Phi) is 7.04. The minimum Gasteiger partial charge on any atom is -0.462 e. The lowest BCUT2D eigenvalue weighted by Crippen LogP contribution is -2.28. The van der Waals surface area contributed by atoms with Crippen molar-refractivity contribution in [3.63, 3.8) is 0 Å². The average Bonchev–Trinajstić information content (AvgIpc) is 2.96. The molecule has 2 rings (SSSR count). The number of thiophene rings is 1. The Bertz CT molecular complexity index is 675. The SMILES string of the molecule is C=CCCC(=O)Nc1sc2c(c1C(=O)OCC)CC[C@@H](C(C)(C)CC)C2. The molecule has 26 heavy (non-hydrogen) atoms. The van der Waals surface area contributed by atoms with Crippen LogP contribution in [-0.4, -0.2) is 18.5 Å². The molecular weight excluding hydrogens is 346 g/mol. The third kappa shape index (κ3) is 4.56. The topological polar surface area (TPSA) is 55.4 Å². The maximum absolute atomic E-state index is 12.5. The van der Waals surface area contributed by atoms with Gasteiger partial charge in [-0.05, 0) is 49.5 Å². The van der Waals surface area contributed by atoms with E-state index in [2.05, 4.69) is 32.7 Å². The first-order valence-corrected chi connectivity index (χ1v) is 10.4. The first-order chi connectivity index (χ1) is 12.3. The average molecular weight is 378 g/mol. The molecule has 0 saturated heterocycles. The highest BCUT2D eigenvalue weighted by molar-refractivity contribution is 7.17. The molecule has 0 saturated carbocycles. The third-order valence-corrected chi connectivity index (χ3v) is 6.76. The van der Waals surface area contributed by atoms with Crippen molar-refractivity contribution in [2.75, 3.05) is 11.9 Å². The Morgan fingerprint density at radius 3 is 2.73 bits per heavy atom. The van der Waals surface area contributed by atoms with Crippen molar-refractivity contribution in [2.45, 2.75) is 66.2 Å². The quantitative estimate of drug-likeness (QED) is 0.489. The van der Waals surface area contributed by atoms with Crippen molar-refractivity contribution < 1.29 is 14.3 Å². The molecule has 0 bridgehead atoms. The van der Waals surface area contributed by atoms with Crippen LogP contribution < -0.4 is 5.32 Å². The standard InChI is InChI=1S/C21H31NO3S/c1-6-9-10-17(23)22-19-18(20(24)25-8-3)15-12-11-14(13-16(15)26-19)21(4,5)7-2/h6,14H,1,7-13H2,2-5H3,(H,22,23)/t14-/m1/s1. The predicted molar refractivity (Wildman–Crippen MR) is 108 cm³/mol. The Morgan fingerprint density at radius 1 is 1.38 bits per heavy atom. The third-order valence-electron chi connectivity index (χ3n) is 5.59. The Balaban J connectivity index is 2.32. The van der Waals surface area contributed by atoms with Crippen molar-refractivity contribution in [2.24, 2.45) is 11.3 Å². The second kappa shape index (κ2) is 8.85. The van der Waals surface area contributed by atoms with E-state index in [0.717, 1.165) is 31.2 Å². The van der Waals surface area contributed by atoms with Crippen LogP contribution in [0.15, 0.2) is 12.7 Å². The number of amides is 1. The number of carbonyl (C=O) groups excluding carboxylic acids is 2. The van der Waals surface area contributed by atoms with Gasteiger partial charge in [0.25, 0.3) is 0 Å². The molecule has 0 aromatic carbocycles. The Labute approximate surface area is 161 Å². The smallest absolute Gasteiger partial charge is 0.341 e. The molecule has 1 aromatic rings. The summed E-state index contributed by atoms with van der Waals surface area (Å²) in [6.45, 7) is 12.7. The summed E-state index contributed by atoms with van der Waals surface area (Å²) in [6.07, 6.45) is 6.77. The summed E-state index contributed by atoms with van der Waals surface area (Å²) in [6, 6.07) is 0. The van der Waals surface area contributed by atoms with E-state index >= 15 is 0 Å². The van der Waals surface area contributed by atoms with E-state index in [-0.39, 0.29) is 17.3 Å². The lowest BCUT2D eigenvalue weighted by atomic mass is 9.69. The molecule has 144 valence electrons. The molecule has 1 amide bonds. The van der Waals surface area contributed by atoms with Gasteiger partial charge < -0.3 is 10.1 Å². The number of ether oxygens (including phenoxy) is 1. The molecule has 5 heteroatoms. The second-order valence-corrected chi connectivity index (χ2v) is 8.69. The van der Waals surface area contributed by atoms with Gasteiger partial charge in [0, 0.05) is 11.3 Å². The highest BCUT2D eigenvalue weighted by Crippen LogP contribution is 2.45. The van der Waals surface area contributed by atoms with Gasteiger partial charge in [-0.3, -0.25) is 4.79 Å². The van der Waals surface area contributed by atoms with Crippen molar-refractivity contribution in [3.05, 3.63) is 28.7 Å². The highest BCUT2D eigenvalue weighted by atomic mass is 32.1. The zero-order valence-electron chi connectivity index (χ0n) is 16.4. The summed E-state index contributed by atoms with van der Waals surface area (Å²) in [5.41, 5.74) is 1.93. The number of nitrogens with one attached hydrogen (secondary N) is 1. The minimum atomic E-state index is -0.322. The number of allylic oxidation sites excluding steroid dienone is 1. The molecular formula is C21H31NO3S. The van der Waals surface area contributed by atoms with Crippen LogP contribution in [0.5, 0.6) is 0 Å². The van der Waals surface area contributed by atoms with Gasteiger partial charge in [-0.15, -0.1) is 17.9 Å². The molecule has 0 radical (unpaired) electrons. The van der Waals surface area contributed by atoms with E-state index in [0.29, 0.717) is 35.9 Å². The van der Waals surface area contributed by atoms with Crippen LogP contribution in [0.25, 0.3) is 0 Å². The summed E-state index contributed by atoms with van der Waals surface area (Å²) in [5.74, 6) is 0.190. The van der Waals surface area contributed by atoms with Crippen LogP contribution in [0.1, 0.15) is 74.2 Å². The van der Waals surface area contributed by atoms with E-state index in [1.807, 2.05) is 0 Å². The molecule has 0 fully saturated rings. The number of esters is 1. The van der Waals surface area contributed by atoms with E-state index in [1.54, 1.807) is 24.3 Å². The summed E-state index contributed by atoms with van der Waals surface area (Å²) in [4.78, 5) is 26.0. The van der Waals surface area contributed by atoms with Gasteiger partial charge in [0.2, 0.25) is 5.91 Å². The highest BCUT2D eigenvalue weighted by Gasteiger charge is 2.35. The van der Waals surface area contributed by atoms with Gasteiger partial charge in [0.15, 0.2) is 0 Å². The van der Waals surface area contributed by atoms with Crippen LogP contribution in [0.4, 0.5) is 5.00 Å². The first kappa shape index (κ1) is 20.7. The molecule has 1 aliphatic rings. The van der Waals surface area contributed by atoms with Crippen molar-refractivity contribution in [1.29, 1.82) is 0 Å². The fourth-order valence-electron chi connectivity index (χ4n) is 3.47. The summed E-state index contributed by atoms with van der Waals surface area (Å²) in [7, 11) is 0. The van der Waals surface area contributed by atoms with Gasteiger partial charge in [-0.2, -0.15) is 0 Å². The predicted octanol–water partition coefficient (Wildman–Crippen LogP) is 5.37. The maximum Gasteiger partial charge on any atom is 0.341 e. The first-order valence-electron chi connectivity index (χ1n) is 9.56. The van der Waals surface area contributed by atoms with Crippen LogP contribution >= 0.6 is 11.3 Å². The Hall–Kier alpha value is -1.62. The molecule has 0 aliphatic heterocycles. The zero-order chi connectivity index (χ0) is 19.3. The molecule has 4 nitrogen and oxygen atoms in total. The number of fused-ring (bicyclic) bond motifs is 1. The summed E-state index contributed by atoms with van der Waals surface area (Å²) in [5, 5.41) is 3.59. The summed E-state index contributed by atoms with van der Waals surface area (Å²) < 4.78 is 5.27. The lowest BCUT2D eigenvalue weighted by molar-refractivity contribution is -0.116. The van der Waals surface area contributed by atoms with Gasteiger partial charge in [-0.1, -0.05) is 33.3 Å². The van der Waals surface area contributed by atoms with Gasteiger partial charge in [-0.25, -0.2) is 4.79 Å². The van der Waals surface area contributed by atoms with Gasteiger partial charge >= 0.3 is 5.97 Å². The molecule has 1 aromatic heterocycles. The van der Waals surface area contributed by atoms with E-state index in [4.69, 9.17) is 4.74 Å². The minimum absolute atomic E-state index is 0.0838. The number of rotatable bonds is 8. The Morgan fingerprint density at radius 2 is 2.12 bits per heavy atom. The van der Waals surface area contributed by atoms with E-state index < -0.39 is 0 Å². The van der Waals surface area contributed by atoms with Crippen LogP contribution in [0.2, 0.25) is 0 Å². The molecule has 0 unspecified atom stereocenters. The van der Waals surface area contributed by atoms with Crippen LogP contribution in [0, 0.1) is 11.3 Å². The van der Waals surface area contributed by atoms with Crippen molar-refractivity contribution in [3.8, 4) is 0 Å². The lowest BCUT2D eigenvalue weighted by Gasteiger charge is -2.36. The zero-order valence-corrected chi connectivity index (χ0v) is 17.3. The van der Waals surface area contributed by atoms with E-state index in [1.165, 1.54) is 4.88 Å². The van der Waals surface area contributed by atoms with Crippen molar-refractivity contribution in [1.82, 2.24) is 0 Å². The molecule has 0 spiro atoms. The number of carbonyl (C=O) groups is 2. The van der Waals surface area contributed by atoms with E-state index in [9.17, 15) is 9.59 Å².